The first-order valence-corrected chi connectivity index (χ1v) is 5.05. The van der Waals surface area contributed by atoms with Gasteiger partial charge < -0.3 is 14.6 Å². The summed E-state index contributed by atoms with van der Waals surface area (Å²) in [6.07, 6.45) is -1.78. The Bertz CT molecular complexity index is 314. The maximum atomic E-state index is 9.54. The van der Waals surface area contributed by atoms with E-state index in [2.05, 4.69) is 4.89 Å². The summed E-state index contributed by atoms with van der Waals surface area (Å²) in [4.78, 5) is 3.86. The van der Waals surface area contributed by atoms with E-state index in [-0.39, 0.29) is 6.61 Å². The molecule has 0 aliphatic carbocycles. The Morgan fingerprint density at radius 1 is 1.25 bits per heavy atom. The number of rotatable bonds is 3. The molecule has 1 aliphatic rings. The predicted octanol–water partition coefficient (Wildman–Crippen LogP) is 0.910. The van der Waals surface area contributed by atoms with Crippen molar-refractivity contribution in [3.05, 3.63) is 35.4 Å². The molecule has 1 aliphatic heterocycles. The normalized spacial score (nSPS) is 18.9. The van der Waals surface area contributed by atoms with E-state index < -0.39 is 12.4 Å². The largest absolute Gasteiger partial charge is 0.385 e. The van der Waals surface area contributed by atoms with Crippen LogP contribution in [0.15, 0.2) is 24.3 Å². The number of aliphatic hydroxyl groups is 1. The van der Waals surface area contributed by atoms with Crippen LogP contribution in [-0.2, 0) is 27.6 Å². The summed E-state index contributed by atoms with van der Waals surface area (Å²) in [6, 6.07) is 7.76. The monoisotopic (exact) mass is 226 g/mol. The Morgan fingerprint density at radius 2 is 1.81 bits per heavy atom. The van der Waals surface area contributed by atoms with Crippen molar-refractivity contribution in [3.8, 4) is 0 Å². The number of ether oxygens (including phenoxy) is 2. The van der Waals surface area contributed by atoms with Gasteiger partial charge in [0.25, 0.3) is 0 Å². The van der Waals surface area contributed by atoms with Gasteiger partial charge in [0.1, 0.15) is 12.7 Å². The van der Waals surface area contributed by atoms with Crippen LogP contribution in [0.5, 0.6) is 0 Å². The van der Waals surface area contributed by atoms with Crippen LogP contribution in [0.4, 0.5) is 0 Å². The fraction of sp³-hybridized carbons (Fsp3) is 0.455. The number of fused-ring (bicyclic) bond motifs is 1. The van der Waals surface area contributed by atoms with Gasteiger partial charge in [-0.2, -0.15) is 0 Å². The van der Waals surface area contributed by atoms with Crippen molar-refractivity contribution < 1.29 is 24.7 Å². The van der Waals surface area contributed by atoms with Crippen LogP contribution in [0.1, 0.15) is 11.1 Å². The van der Waals surface area contributed by atoms with Gasteiger partial charge in [-0.1, -0.05) is 24.3 Å². The zero-order valence-corrected chi connectivity index (χ0v) is 8.70. The molecule has 88 valence electrons. The molecular weight excluding hydrogens is 212 g/mol. The lowest BCUT2D eigenvalue weighted by Crippen LogP contribution is -2.34. The van der Waals surface area contributed by atoms with Gasteiger partial charge in [-0.3, -0.25) is 5.26 Å². The molecule has 2 rings (SSSR count). The minimum atomic E-state index is -1.00. The molecule has 5 heteroatoms. The Balaban J connectivity index is 2.01. The number of hydrogen-bond donors (Lipinski definition) is 2. The van der Waals surface area contributed by atoms with Crippen LogP contribution in [0, 0.1) is 0 Å². The summed E-state index contributed by atoms with van der Waals surface area (Å²) in [6.45, 7) is 0.521. The minimum Gasteiger partial charge on any atom is -0.385 e. The van der Waals surface area contributed by atoms with Crippen molar-refractivity contribution in [2.24, 2.45) is 0 Å². The second-order valence-electron chi connectivity index (χ2n) is 3.62. The maximum Gasteiger partial charge on any atom is 0.186 e. The van der Waals surface area contributed by atoms with E-state index in [1.807, 2.05) is 24.3 Å². The van der Waals surface area contributed by atoms with E-state index >= 15 is 0 Å². The summed E-state index contributed by atoms with van der Waals surface area (Å²) < 4.78 is 10.8. The Hall–Kier alpha value is -0.980. The smallest absolute Gasteiger partial charge is 0.186 e. The first kappa shape index (κ1) is 11.5. The third-order valence-electron chi connectivity index (χ3n) is 2.48. The van der Waals surface area contributed by atoms with E-state index in [0.29, 0.717) is 13.2 Å². The molecule has 1 aromatic rings. The highest BCUT2D eigenvalue weighted by Crippen LogP contribution is 2.19. The van der Waals surface area contributed by atoms with Crippen molar-refractivity contribution in [1.29, 1.82) is 0 Å². The number of hydrogen-bond acceptors (Lipinski definition) is 5. The van der Waals surface area contributed by atoms with Crippen LogP contribution in [0.3, 0.4) is 0 Å². The van der Waals surface area contributed by atoms with E-state index in [0.717, 1.165) is 11.1 Å². The average Bonchev–Trinajstić information content (AvgIpc) is 2.51. The molecule has 1 heterocycles. The van der Waals surface area contributed by atoms with Gasteiger partial charge in [-0.25, -0.2) is 4.89 Å². The first-order valence-electron chi connectivity index (χ1n) is 5.05. The van der Waals surface area contributed by atoms with Gasteiger partial charge in [-0.05, 0) is 11.1 Å². The second kappa shape index (κ2) is 5.38. The molecule has 2 N–H and O–H groups in total. The zero-order valence-electron chi connectivity index (χ0n) is 8.70. The van der Waals surface area contributed by atoms with Gasteiger partial charge in [0, 0.05) is 0 Å². The van der Waals surface area contributed by atoms with Crippen molar-refractivity contribution in [3.63, 3.8) is 0 Å². The predicted molar refractivity (Wildman–Crippen MR) is 54.4 cm³/mol. The first-order chi connectivity index (χ1) is 7.81. The summed E-state index contributed by atoms with van der Waals surface area (Å²) in [5.74, 6) is 0. The van der Waals surface area contributed by atoms with Crippen LogP contribution < -0.4 is 0 Å². The second-order valence-corrected chi connectivity index (χ2v) is 3.62. The van der Waals surface area contributed by atoms with Gasteiger partial charge in [0.2, 0.25) is 0 Å². The standard InChI is InChI=1S/C11H14O5/c12-10(7-16-13)11-14-5-8-3-1-2-4-9(8)6-15-11/h1-4,10-13H,5-7H2. The topological polar surface area (TPSA) is 68.2 Å². The summed E-state index contributed by atoms with van der Waals surface area (Å²) >= 11 is 0. The van der Waals surface area contributed by atoms with E-state index in [1.54, 1.807) is 0 Å². The molecule has 0 bridgehead atoms. The third kappa shape index (κ3) is 2.58. The van der Waals surface area contributed by atoms with Crippen LogP contribution in [0.25, 0.3) is 0 Å². The Kier molecular flexibility index (Phi) is 3.87. The Morgan fingerprint density at radius 3 is 2.31 bits per heavy atom. The maximum absolute atomic E-state index is 9.54. The molecule has 0 fully saturated rings. The number of benzene rings is 1. The quantitative estimate of drug-likeness (QED) is 0.592. The highest BCUT2D eigenvalue weighted by Gasteiger charge is 2.24. The van der Waals surface area contributed by atoms with Crippen LogP contribution in [0.2, 0.25) is 0 Å². The fourth-order valence-corrected chi connectivity index (χ4v) is 1.61. The molecule has 0 saturated heterocycles. The lowest BCUT2D eigenvalue weighted by Gasteiger charge is -2.19. The lowest BCUT2D eigenvalue weighted by molar-refractivity contribution is -0.286. The molecule has 0 amide bonds. The van der Waals surface area contributed by atoms with Gasteiger partial charge in [0.15, 0.2) is 6.29 Å². The lowest BCUT2D eigenvalue weighted by atomic mass is 10.1. The number of aliphatic hydroxyl groups excluding tert-OH is 1. The van der Waals surface area contributed by atoms with Gasteiger partial charge in [-0.15, -0.1) is 0 Å². The van der Waals surface area contributed by atoms with Gasteiger partial charge >= 0.3 is 0 Å². The van der Waals surface area contributed by atoms with Crippen molar-refractivity contribution in [2.45, 2.75) is 25.6 Å². The molecule has 5 nitrogen and oxygen atoms in total. The average molecular weight is 226 g/mol. The van der Waals surface area contributed by atoms with E-state index in [9.17, 15) is 5.11 Å². The highest BCUT2D eigenvalue weighted by molar-refractivity contribution is 5.26. The molecule has 1 atom stereocenters. The molecule has 1 unspecified atom stereocenters. The molecule has 0 aromatic heterocycles. The summed E-state index contributed by atoms with van der Waals surface area (Å²) in [7, 11) is 0. The molecule has 1 aromatic carbocycles. The highest BCUT2D eigenvalue weighted by atomic mass is 17.1. The van der Waals surface area contributed by atoms with Crippen molar-refractivity contribution in [2.75, 3.05) is 6.61 Å². The van der Waals surface area contributed by atoms with Crippen LogP contribution in [-0.4, -0.2) is 29.4 Å². The van der Waals surface area contributed by atoms with Crippen molar-refractivity contribution >= 4 is 0 Å². The Labute approximate surface area is 93.1 Å². The van der Waals surface area contributed by atoms with Crippen molar-refractivity contribution in [1.82, 2.24) is 0 Å². The molecule has 0 saturated carbocycles. The SMILES string of the molecule is OOCC(O)C1OCc2ccccc2CO1. The molecule has 0 radical (unpaired) electrons. The van der Waals surface area contributed by atoms with E-state index in [4.69, 9.17) is 14.7 Å². The van der Waals surface area contributed by atoms with E-state index in [1.165, 1.54) is 0 Å². The molecular formula is C11H14O5. The minimum absolute atomic E-state index is 0.235. The fourth-order valence-electron chi connectivity index (χ4n) is 1.61. The van der Waals surface area contributed by atoms with Crippen LogP contribution >= 0.6 is 0 Å². The molecule has 0 spiro atoms. The van der Waals surface area contributed by atoms with Gasteiger partial charge in [0.05, 0.1) is 13.2 Å². The summed E-state index contributed by atoms with van der Waals surface area (Å²) in [5.41, 5.74) is 2.09. The summed E-state index contributed by atoms with van der Waals surface area (Å²) in [5, 5.41) is 17.8. The molecule has 16 heavy (non-hydrogen) atoms. The third-order valence-corrected chi connectivity index (χ3v) is 2.48. The zero-order chi connectivity index (χ0) is 11.4.